The molecule has 1 aliphatic heterocycles. The van der Waals surface area contributed by atoms with Crippen molar-refractivity contribution in [2.24, 2.45) is 0 Å². The predicted molar refractivity (Wildman–Crippen MR) is 76.8 cm³/mol. The molecule has 0 aliphatic carbocycles. The van der Waals surface area contributed by atoms with E-state index in [2.05, 4.69) is 71.4 Å². The minimum atomic E-state index is 0.600. The highest BCUT2D eigenvalue weighted by molar-refractivity contribution is 5.15. The van der Waals surface area contributed by atoms with Crippen LogP contribution in [0.4, 0.5) is 0 Å². The van der Waals surface area contributed by atoms with E-state index in [0.29, 0.717) is 6.04 Å². The summed E-state index contributed by atoms with van der Waals surface area (Å²) in [6.07, 6.45) is 7.06. The first kappa shape index (κ1) is 12.4. The van der Waals surface area contributed by atoms with Crippen molar-refractivity contribution in [2.75, 3.05) is 13.6 Å². The molecule has 1 atom stereocenters. The Labute approximate surface area is 115 Å². The molecule has 1 fully saturated rings. The maximum Gasteiger partial charge on any atom is 0.173 e. The number of benzene rings is 1. The average molecular weight is 253 g/mol. The number of pyridine rings is 1. The Morgan fingerprint density at radius 3 is 2.74 bits per heavy atom. The molecule has 0 amide bonds. The third-order valence-electron chi connectivity index (χ3n) is 3.99. The lowest BCUT2D eigenvalue weighted by molar-refractivity contribution is -0.688. The van der Waals surface area contributed by atoms with Gasteiger partial charge in [0.05, 0.1) is 0 Å². The molecular weight excluding hydrogens is 232 g/mol. The van der Waals surface area contributed by atoms with Crippen LogP contribution in [0, 0.1) is 0 Å². The van der Waals surface area contributed by atoms with Gasteiger partial charge in [-0.3, -0.25) is 4.90 Å². The number of rotatable bonds is 3. The molecule has 2 heterocycles. The van der Waals surface area contributed by atoms with E-state index < -0.39 is 0 Å². The van der Waals surface area contributed by atoms with Gasteiger partial charge in [-0.05, 0) is 32.5 Å². The highest BCUT2D eigenvalue weighted by Crippen LogP contribution is 2.29. The van der Waals surface area contributed by atoms with Gasteiger partial charge in [-0.25, -0.2) is 4.57 Å². The monoisotopic (exact) mass is 253 g/mol. The summed E-state index contributed by atoms with van der Waals surface area (Å²) < 4.78 is 2.29. The van der Waals surface area contributed by atoms with Gasteiger partial charge in [0.25, 0.3) is 0 Å². The number of likely N-dealkylation sites (tertiary alicyclic amines) is 1. The smallest absolute Gasteiger partial charge is 0.173 e. The summed E-state index contributed by atoms with van der Waals surface area (Å²) in [5.74, 6) is 0. The lowest BCUT2D eigenvalue weighted by Gasteiger charge is -2.18. The van der Waals surface area contributed by atoms with E-state index in [1.807, 2.05) is 0 Å². The van der Waals surface area contributed by atoms with E-state index in [4.69, 9.17) is 0 Å². The van der Waals surface area contributed by atoms with Crippen LogP contribution < -0.4 is 4.57 Å². The highest BCUT2D eigenvalue weighted by atomic mass is 15.1. The van der Waals surface area contributed by atoms with Crippen LogP contribution in [0.15, 0.2) is 54.9 Å². The molecule has 2 heteroatoms. The first-order valence-corrected chi connectivity index (χ1v) is 7.06. The second-order valence-electron chi connectivity index (χ2n) is 5.43. The Bertz CT molecular complexity index is 536. The van der Waals surface area contributed by atoms with Gasteiger partial charge >= 0.3 is 0 Å². The summed E-state index contributed by atoms with van der Waals surface area (Å²) >= 11 is 0. The van der Waals surface area contributed by atoms with Crippen LogP contribution in [0.3, 0.4) is 0 Å². The van der Waals surface area contributed by atoms with Gasteiger partial charge in [-0.1, -0.05) is 30.3 Å². The van der Waals surface area contributed by atoms with Gasteiger partial charge in [0.1, 0.15) is 0 Å². The molecule has 98 valence electrons. The molecular formula is C17H21N2+. The Balaban J connectivity index is 1.80. The zero-order chi connectivity index (χ0) is 13.1. The topological polar surface area (TPSA) is 7.12 Å². The normalized spacial score (nSPS) is 19.7. The van der Waals surface area contributed by atoms with Crippen LogP contribution in [0.2, 0.25) is 0 Å². The van der Waals surface area contributed by atoms with E-state index in [1.165, 1.54) is 30.5 Å². The fourth-order valence-electron chi connectivity index (χ4n) is 2.96. The van der Waals surface area contributed by atoms with E-state index in [9.17, 15) is 0 Å². The van der Waals surface area contributed by atoms with Gasteiger partial charge < -0.3 is 0 Å². The number of hydrogen-bond acceptors (Lipinski definition) is 1. The zero-order valence-electron chi connectivity index (χ0n) is 11.5. The van der Waals surface area contributed by atoms with Crippen molar-refractivity contribution in [3.63, 3.8) is 0 Å². The van der Waals surface area contributed by atoms with Crippen LogP contribution in [0.25, 0.3) is 0 Å². The van der Waals surface area contributed by atoms with Crippen LogP contribution in [0.5, 0.6) is 0 Å². The van der Waals surface area contributed by atoms with E-state index in [-0.39, 0.29) is 0 Å². The standard InChI is InChI=1S/C17H21N2/c1-18-11-6-10-17(18)16-9-5-12-19(14-16)13-15-7-3-2-4-8-15/h2-5,7-9,12,14,17H,6,10-11,13H2,1H3/q+1/t17-/m0/s1. The SMILES string of the molecule is CN1CCC[C@H]1c1ccc[n+](Cc2ccccc2)c1. The summed E-state index contributed by atoms with van der Waals surface area (Å²) in [7, 11) is 2.23. The number of nitrogens with zero attached hydrogens (tertiary/aromatic N) is 2. The third-order valence-corrected chi connectivity index (χ3v) is 3.99. The third kappa shape index (κ3) is 2.85. The molecule has 2 aromatic rings. The van der Waals surface area contributed by atoms with Crippen molar-refractivity contribution in [2.45, 2.75) is 25.4 Å². The molecule has 0 saturated carbocycles. The van der Waals surface area contributed by atoms with Gasteiger partial charge in [-0.15, -0.1) is 0 Å². The highest BCUT2D eigenvalue weighted by Gasteiger charge is 2.24. The molecule has 2 nitrogen and oxygen atoms in total. The second-order valence-corrected chi connectivity index (χ2v) is 5.43. The molecule has 1 aromatic heterocycles. The lowest BCUT2D eigenvalue weighted by Crippen LogP contribution is -2.34. The Morgan fingerprint density at radius 2 is 2.00 bits per heavy atom. The predicted octanol–water partition coefficient (Wildman–Crippen LogP) is 2.79. The van der Waals surface area contributed by atoms with Crippen LogP contribution in [-0.2, 0) is 6.54 Å². The fraction of sp³-hybridized carbons (Fsp3) is 0.353. The Hall–Kier alpha value is -1.67. The zero-order valence-corrected chi connectivity index (χ0v) is 11.5. The van der Waals surface area contributed by atoms with Crippen molar-refractivity contribution in [3.05, 3.63) is 66.0 Å². The molecule has 1 aromatic carbocycles. The fourth-order valence-corrected chi connectivity index (χ4v) is 2.96. The van der Waals surface area contributed by atoms with Crippen molar-refractivity contribution in [1.82, 2.24) is 4.90 Å². The van der Waals surface area contributed by atoms with Crippen molar-refractivity contribution < 1.29 is 4.57 Å². The largest absolute Gasteiger partial charge is 0.299 e. The Morgan fingerprint density at radius 1 is 1.16 bits per heavy atom. The number of hydrogen-bond donors (Lipinski definition) is 0. The van der Waals surface area contributed by atoms with Crippen LogP contribution in [-0.4, -0.2) is 18.5 Å². The van der Waals surface area contributed by atoms with E-state index >= 15 is 0 Å². The molecule has 0 bridgehead atoms. The van der Waals surface area contributed by atoms with Gasteiger partial charge in [-0.2, -0.15) is 0 Å². The molecule has 3 rings (SSSR count). The van der Waals surface area contributed by atoms with Crippen molar-refractivity contribution in [1.29, 1.82) is 0 Å². The summed E-state index contributed by atoms with van der Waals surface area (Å²) in [4.78, 5) is 2.46. The molecule has 1 saturated heterocycles. The molecule has 1 aliphatic rings. The van der Waals surface area contributed by atoms with Crippen LogP contribution >= 0.6 is 0 Å². The van der Waals surface area contributed by atoms with E-state index in [1.54, 1.807) is 0 Å². The molecule has 0 spiro atoms. The average Bonchev–Trinajstić information content (AvgIpc) is 2.86. The summed E-state index contributed by atoms with van der Waals surface area (Å²) in [5, 5.41) is 0. The molecule has 0 N–H and O–H groups in total. The quantitative estimate of drug-likeness (QED) is 0.763. The second kappa shape index (κ2) is 5.54. The molecule has 0 radical (unpaired) electrons. The van der Waals surface area contributed by atoms with Crippen molar-refractivity contribution in [3.8, 4) is 0 Å². The van der Waals surface area contributed by atoms with E-state index in [0.717, 1.165) is 6.54 Å². The van der Waals surface area contributed by atoms with Crippen molar-refractivity contribution >= 4 is 0 Å². The maximum absolute atomic E-state index is 2.46. The first-order valence-electron chi connectivity index (χ1n) is 7.06. The lowest BCUT2D eigenvalue weighted by atomic mass is 10.1. The number of aromatic nitrogens is 1. The van der Waals surface area contributed by atoms with Gasteiger partial charge in [0.15, 0.2) is 18.9 Å². The molecule has 0 unspecified atom stereocenters. The maximum atomic E-state index is 2.46. The Kier molecular flexibility index (Phi) is 3.60. The minimum absolute atomic E-state index is 0.600. The summed E-state index contributed by atoms with van der Waals surface area (Å²) in [6.45, 7) is 2.17. The minimum Gasteiger partial charge on any atom is -0.299 e. The first-order chi connectivity index (χ1) is 9.33. The summed E-state index contributed by atoms with van der Waals surface area (Å²) in [5.41, 5.74) is 2.79. The van der Waals surface area contributed by atoms with Gasteiger partial charge in [0, 0.05) is 23.2 Å². The van der Waals surface area contributed by atoms with Crippen LogP contribution in [0.1, 0.15) is 30.0 Å². The summed E-state index contributed by atoms with van der Waals surface area (Å²) in [6, 6.07) is 15.7. The van der Waals surface area contributed by atoms with Gasteiger partial charge in [0.2, 0.25) is 0 Å². The molecule has 19 heavy (non-hydrogen) atoms.